The van der Waals surface area contributed by atoms with Crippen LogP contribution in [0, 0.1) is 17.8 Å². The fourth-order valence-corrected chi connectivity index (χ4v) is 3.76. The number of piperidine rings is 2. The Morgan fingerprint density at radius 2 is 2.11 bits per heavy atom. The maximum absolute atomic E-state index is 3.55. The van der Waals surface area contributed by atoms with Crippen LogP contribution in [-0.2, 0) is 0 Å². The lowest BCUT2D eigenvalue weighted by molar-refractivity contribution is 0.115. The van der Waals surface area contributed by atoms with Crippen LogP contribution in [0.15, 0.2) is 0 Å². The van der Waals surface area contributed by atoms with E-state index in [1.54, 1.807) is 0 Å². The number of hydrogen-bond donors (Lipinski definition) is 1. The summed E-state index contributed by atoms with van der Waals surface area (Å²) in [5, 5.41) is 3.55. The van der Waals surface area contributed by atoms with E-state index in [-0.39, 0.29) is 0 Å². The lowest BCUT2D eigenvalue weighted by atomic mass is 9.85. The molecule has 0 amide bonds. The highest BCUT2D eigenvalue weighted by molar-refractivity contribution is 4.79. The predicted molar refractivity (Wildman–Crippen MR) is 78.8 cm³/mol. The highest BCUT2D eigenvalue weighted by Crippen LogP contribution is 2.26. The molecule has 2 aliphatic heterocycles. The molecule has 0 aliphatic carbocycles. The Balaban J connectivity index is 1.70. The molecule has 18 heavy (non-hydrogen) atoms. The second-order valence-electron chi connectivity index (χ2n) is 6.89. The van der Waals surface area contributed by atoms with Crippen molar-refractivity contribution in [2.45, 2.75) is 58.9 Å². The van der Waals surface area contributed by atoms with Crippen LogP contribution in [0.1, 0.15) is 52.9 Å². The third-order valence-electron chi connectivity index (χ3n) is 5.29. The van der Waals surface area contributed by atoms with Gasteiger partial charge in [-0.2, -0.15) is 0 Å². The van der Waals surface area contributed by atoms with E-state index in [0.717, 1.165) is 23.8 Å². The Kier molecular flexibility index (Phi) is 5.50. The molecule has 0 spiro atoms. The Morgan fingerprint density at radius 1 is 1.28 bits per heavy atom. The third kappa shape index (κ3) is 3.96. The van der Waals surface area contributed by atoms with Crippen LogP contribution in [0.2, 0.25) is 0 Å². The highest BCUT2D eigenvalue weighted by Gasteiger charge is 2.25. The van der Waals surface area contributed by atoms with E-state index in [0.29, 0.717) is 0 Å². The summed E-state index contributed by atoms with van der Waals surface area (Å²) < 4.78 is 0. The van der Waals surface area contributed by atoms with Gasteiger partial charge in [0.1, 0.15) is 0 Å². The smallest absolute Gasteiger partial charge is 0.00694 e. The quantitative estimate of drug-likeness (QED) is 0.827. The summed E-state index contributed by atoms with van der Waals surface area (Å²) in [6.07, 6.45) is 7.03. The van der Waals surface area contributed by atoms with Gasteiger partial charge in [0, 0.05) is 6.04 Å². The van der Waals surface area contributed by atoms with E-state index in [9.17, 15) is 0 Å². The first-order valence-corrected chi connectivity index (χ1v) is 8.11. The van der Waals surface area contributed by atoms with E-state index in [1.165, 1.54) is 58.3 Å². The van der Waals surface area contributed by atoms with Gasteiger partial charge in [0.05, 0.1) is 0 Å². The van der Waals surface area contributed by atoms with Crippen molar-refractivity contribution in [3.8, 4) is 0 Å². The van der Waals surface area contributed by atoms with Crippen LogP contribution in [-0.4, -0.2) is 37.1 Å². The van der Waals surface area contributed by atoms with Gasteiger partial charge < -0.3 is 10.2 Å². The monoisotopic (exact) mass is 252 g/mol. The Morgan fingerprint density at radius 3 is 2.78 bits per heavy atom. The molecule has 2 saturated heterocycles. The second-order valence-corrected chi connectivity index (χ2v) is 6.89. The number of nitrogens with zero attached hydrogens (tertiary/aromatic N) is 1. The SMILES string of the molecule is CC1CCN(CCC(C)C2CCCNC2)C(C)C1. The van der Waals surface area contributed by atoms with Gasteiger partial charge in [-0.05, 0) is 83.0 Å². The van der Waals surface area contributed by atoms with Crippen molar-refractivity contribution < 1.29 is 0 Å². The Bertz CT molecular complexity index is 235. The fourth-order valence-electron chi connectivity index (χ4n) is 3.76. The van der Waals surface area contributed by atoms with E-state index in [4.69, 9.17) is 0 Å². The zero-order valence-corrected chi connectivity index (χ0v) is 12.6. The van der Waals surface area contributed by atoms with Gasteiger partial charge in [0.25, 0.3) is 0 Å². The molecule has 4 atom stereocenters. The number of nitrogens with one attached hydrogen (secondary N) is 1. The lowest BCUT2D eigenvalue weighted by Gasteiger charge is -2.38. The Labute approximate surface area is 114 Å². The summed E-state index contributed by atoms with van der Waals surface area (Å²) in [6, 6.07) is 0.811. The summed E-state index contributed by atoms with van der Waals surface area (Å²) in [7, 11) is 0. The van der Waals surface area contributed by atoms with E-state index >= 15 is 0 Å². The summed E-state index contributed by atoms with van der Waals surface area (Å²) >= 11 is 0. The Hall–Kier alpha value is -0.0800. The van der Waals surface area contributed by atoms with Gasteiger partial charge in [0.2, 0.25) is 0 Å². The zero-order valence-electron chi connectivity index (χ0n) is 12.6. The van der Waals surface area contributed by atoms with E-state index in [2.05, 4.69) is 31.0 Å². The molecule has 0 bridgehead atoms. The normalized spacial score (nSPS) is 36.5. The molecule has 0 radical (unpaired) electrons. The van der Waals surface area contributed by atoms with Crippen molar-refractivity contribution in [2.75, 3.05) is 26.2 Å². The number of rotatable bonds is 4. The molecule has 2 fully saturated rings. The maximum Gasteiger partial charge on any atom is 0.00694 e. The standard InChI is InChI=1S/C16H32N2/c1-13-6-9-18(15(3)11-13)10-7-14(2)16-5-4-8-17-12-16/h13-17H,4-12H2,1-3H3. The van der Waals surface area contributed by atoms with Crippen LogP contribution in [0.25, 0.3) is 0 Å². The molecule has 2 heteroatoms. The van der Waals surface area contributed by atoms with Gasteiger partial charge >= 0.3 is 0 Å². The molecule has 2 aliphatic rings. The molecule has 4 unspecified atom stereocenters. The van der Waals surface area contributed by atoms with Crippen molar-refractivity contribution in [1.82, 2.24) is 10.2 Å². The number of likely N-dealkylation sites (tertiary alicyclic amines) is 1. The summed E-state index contributed by atoms with van der Waals surface area (Å²) in [6.45, 7) is 12.4. The molecule has 2 heterocycles. The van der Waals surface area contributed by atoms with Gasteiger partial charge in [-0.15, -0.1) is 0 Å². The minimum atomic E-state index is 0.811. The van der Waals surface area contributed by atoms with Crippen LogP contribution >= 0.6 is 0 Å². The first-order valence-electron chi connectivity index (χ1n) is 8.11. The average Bonchev–Trinajstić information content (AvgIpc) is 2.38. The van der Waals surface area contributed by atoms with Crippen LogP contribution in [0.5, 0.6) is 0 Å². The molecule has 2 rings (SSSR count). The largest absolute Gasteiger partial charge is 0.316 e. The minimum absolute atomic E-state index is 0.811. The first kappa shape index (κ1) is 14.3. The van der Waals surface area contributed by atoms with Crippen molar-refractivity contribution >= 4 is 0 Å². The molecule has 106 valence electrons. The molecule has 2 nitrogen and oxygen atoms in total. The van der Waals surface area contributed by atoms with Gasteiger partial charge in [-0.1, -0.05) is 13.8 Å². The predicted octanol–water partition coefficient (Wildman–Crippen LogP) is 3.13. The van der Waals surface area contributed by atoms with Gasteiger partial charge in [-0.3, -0.25) is 0 Å². The fraction of sp³-hybridized carbons (Fsp3) is 1.00. The molecular weight excluding hydrogens is 220 g/mol. The first-order chi connectivity index (χ1) is 8.66. The third-order valence-corrected chi connectivity index (χ3v) is 5.29. The zero-order chi connectivity index (χ0) is 13.0. The average molecular weight is 252 g/mol. The van der Waals surface area contributed by atoms with E-state index < -0.39 is 0 Å². The summed E-state index contributed by atoms with van der Waals surface area (Å²) in [5.74, 6) is 2.76. The summed E-state index contributed by atoms with van der Waals surface area (Å²) in [5.41, 5.74) is 0. The van der Waals surface area contributed by atoms with Crippen molar-refractivity contribution in [3.05, 3.63) is 0 Å². The topological polar surface area (TPSA) is 15.3 Å². The van der Waals surface area contributed by atoms with Gasteiger partial charge in [0.15, 0.2) is 0 Å². The maximum atomic E-state index is 3.55. The van der Waals surface area contributed by atoms with Crippen LogP contribution in [0.4, 0.5) is 0 Å². The van der Waals surface area contributed by atoms with Crippen molar-refractivity contribution in [2.24, 2.45) is 17.8 Å². The highest BCUT2D eigenvalue weighted by atomic mass is 15.2. The van der Waals surface area contributed by atoms with Gasteiger partial charge in [-0.25, -0.2) is 0 Å². The second kappa shape index (κ2) is 6.91. The molecule has 1 N–H and O–H groups in total. The molecule has 0 aromatic carbocycles. The van der Waals surface area contributed by atoms with Crippen LogP contribution in [0.3, 0.4) is 0 Å². The molecule has 0 saturated carbocycles. The minimum Gasteiger partial charge on any atom is -0.316 e. The summed E-state index contributed by atoms with van der Waals surface area (Å²) in [4.78, 5) is 2.73. The van der Waals surface area contributed by atoms with Crippen LogP contribution < -0.4 is 5.32 Å². The van der Waals surface area contributed by atoms with Crippen molar-refractivity contribution in [3.63, 3.8) is 0 Å². The molecule has 0 aromatic heterocycles. The molecule has 0 aromatic rings. The lowest BCUT2D eigenvalue weighted by Crippen LogP contribution is -2.42. The molecular formula is C16H32N2. The van der Waals surface area contributed by atoms with E-state index in [1.807, 2.05) is 0 Å². The number of hydrogen-bond acceptors (Lipinski definition) is 2. The van der Waals surface area contributed by atoms with Crippen molar-refractivity contribution in [1.29, 1.82) is 0 Å².